The molecule has 5 heteroatoms. The van der Waals surface area contributed by atoms with Gasteiger partial charge < -0.3 is 19.3 Å². The van der Waals surface area contributed by atoms with E-state index in [2.05, 4.69) is 26.1 Å². The van der Waals surface area contributed by atoms with Crippen molar-refractivity contribution in [3.8, 4) is 0 Å². The van der Waals surface area contributed by atoms with E-state index in [4.69, 9.17) is 9.16 Å². The number of carbonyl (C=O) groups excluding carboxylic acids is 1. The second-order valence-electron chi connectivity index (χ2n) is 6.68. The van der Waals surface area contributed by atoms with Crippen molar-refractivity contribution in [2.75, 3.05) is 26.3 Å². The molecule has 106 valence electrons. The topological polar surface area (TPSA) is 47.6 Å². The predicted octanol–water partition coefficient (Wildman–Crippen LogP) is 1.74. The summed E-state index contributed by atoms with van der Waals surface area (Å²) in [5.74, 6) is 0. The zero-order valence-corrected chi connectivity index (χ0v) is 13.3. The molecular formula is C13H27NO3Si. The molecule has 0 amide bonds. The molecule has 0 aromatic heterocycles. The van der Waals surface area contributed by atoms with Gasteiger partial charge >= 0.3 is 0 Å². The minimum absolute atomic E-state index is 0.0353. The zero-order chi connectivity index (χ0) is 13.8. The number of hydrogen-bond donors (Lipinski definition) is 1. The van der Waals surface area contributed by atoms with Crippen molar-refractivity contribution in [3.63, 3.8) is 0 Å². The minimum atomic E-state index is -2.25. The monoisotopic (exact) mass is 273 g/mol. The lowest BCUT2D eigenvalue weighted by atomic mass is 9.93. The average Bonchev–Trinajstić information content (AvgIpc) is 2.26. The normalized spacial score (nSPS) is 21.9. The van der Waals surface area contributed by atoms with Crippen LogP contribution in [0.1, 0.15) is 27.2 Å². The van der Waals surface area contributed by atoms with Crippen LogP contribution in [0.4, 0.5) is 0 Å². The number of morpholine rings is 1. The molecule has 1 rings (SSSR count). The first kappa shape index (κ1) is 15.8. The maximum absolute atomic E-state index is 12.2. The summed E-state index contributed by atoms with van der Waals surface area (Å²) >= 11 is 0. The van der Waals surface area contributed by atoms with Crippen molar-refractivity contribution in [2.24, 2.45) is 5.41 Å². The third-order valence-electron chi connectivity index (χ3n) is 3.00. The van der Waals surface area contributed by atoms with E-state index in [1.165, 1.54) is 0 Å². The number of nitrogens with one attached hydrogen (secondary N) is 1. The van der Waals surface area contributed by atoms with Crippen molar-refractivity contribution in [1.82, 2.24) is 5.32 Å². The highest BCUT2D eigenvalue weighted by atomic mass is 28.4. The van der Waals surface area contributed by atoms with Crippen molar-refractivity contribution in [1.29, 1.82) is 0 Å². The minimum Gasteiger partial charge on any atom is -0.407 e. The van der Waals surface area contributed by atoms with E-state index in [1.54, 1.807) is 0 Å². The van der Waals surface area contributed by atoms with Crippen LogP contribution in [0.5, 0.6) is 0 Å². The van der Waals surface area contributed by atoms with Crippen molar-refractivity contribution in [2.45, 2.75) is 46.4 Å². The molecule has 4 nitrogen and oxygen atoms in total. The van der Waals surface area contributed by atoms with Gasteiger partial charge in [0.25, 0.3) is 8.32 Å². The molecule has 0 aromatic rings. The molecule has 1 aliphatic rings. The van der Waals surface area contributed by atoms with Crippen LogP contribution < -0.4 is 5.32 Å². The summed E-state index contributed by atoms with van der Waals surface area (Å²) in [6.45, 7) is 13.2. The molecule has 0 saturated carbocycles. The van der Waals surface area contributed by atoms with Gasteiger partial charge in [-0.2, -0.15) is 0 Å². The van der Waals surface area contributed by atoms with Gasteiger partial charge in [0.1, 0.15) is 5.41 Å². The highest BCUT2D eigenvalue weighted by Gasteiger charge is 2.35. The van der Waals surface area contributed by atoms with E-state index in [9.17, 15) is 4.79 Å². The Morgan fingerprint density at radius 2 is 2.11 bits per heavy atom. The highest BCUT2D eigenvalue weighted by Crippen LogP contribution is 2.23. The lowest BCUT2D eigenvalue weighted by molar-refractivity contribution is -0.115. The molecule has 1 N–H and O–H groups in total. The van der Waals surface area contributed by atoms with Crippen molar-refractivity contribution < 1.29 is 14.0 Å². The lowest BCUT2D eigenvalue weighted by Gasteiger charge is -2.29. The molecule has 1 fully saturated rings. The van der Waals surface area contributed by atoms with Gasteiger partial charge in [0, 0.05) is 19.5 Å². The van der Waals surface area contributed by atoms with Gasteiger partial charge in [0.15, 0.2) is 0 Å². The summed E-state index contributed by atoms with van der Waals surface area (Å²) in [6, 6.07) is 0. The molecule has 1 unspecified atom stereocenters. The third-order valence-corrected chi connectivity index (χ3v) is 5.41. The van der Waals surface area contributed by atoms with E-state index in [1.807, 2.05) is 13.1 Å². The Bertz CT molecular complexity index is 280. The van der Waals surface area contributed by atoms with Gasteiger partial charge in [-0.1, -0.05) is 20.8 Å². The van der Waals surface area contributed by atoms with Crippen molar-refractivity contribution >= 4 is 13.7 Å². The van der Waals surface area contributed by atoms with Crippen LogP contribution in [-0.4, -0.2) is 46.1 Å². The van der Waals surface area contributed by atoms with Crippen LogP contribution in [-0.2, 0) is 14.0 Å². The molecular weight excluding hydrogens is 246 g/mol. The summed E-state index contributed by atoms with van der Waals surface area (Å²) in [6.07, 6.45) is 0.684. The fraction of sp³-hybridized carbons (Fsp3) is 0.923. The first-order chi connectivity index (χ1) is 8.21. The molecule has 0 aliphatic carbocycles. The number of rotatable bonds is 5. The standard InChI is InChI=1S/C13H27NO3Si/c1-13(2,3)8-12(15)18(4,5)17-10-11-9-14-6-7-16-11/h11,14H,6-10H2,1-5H3. The average molecular weight is 273 g/mol. The zero-order valence-electron chi connectivity index (χ0n) is 12.3. The smallest absolute Gasteiger partial charge is 0.258 e. The number of hydrogen-bond acceptors (Lipinski definition) is 4. The second kappa shape index (κ2) is 6.28. The SMILES string of the molecule is CC(C)(C)CC(=O)[Si](C)(C)OCC1CNCCO1. The molecule has 1 saturated heterocycles. The maximum atomic E-state index is 12.2. The summed E-state index contributed by atoms with van der Waals surface area (Å²) < 4.78 is 11.5. The van der Waals surface area contributed by atoms with Crippen LogP contribution in [0.25, 0.3) is 0 Å². The molecule has 0 aromatic carbocycles. The van der Waals surface area contributed by atoms with E-state index >= 15 is 0 Å². The highest BCUT2D eigenvalue weighted by molar-refractivity contribution is 6.99. The largest absolute Gasteiger partial charge is 0.407 e. The van der Waals surface area contributed by atoms with Crippen LogP contribution in [0.2, 0.25) is 13.1 Å². The predicted molar refractivity (Wildman–Crippen MR) is 75.1 cm³/mol. The van der Waals surface area contributed by atoms with E-state index in [0.717, 1.165) is 19.7 Å². The van der Waals surface area contributed by atoms with Gasteiger partial charge in [-0.05, 0) is 18.5 Å². The maximum Gasteiger partial charge on any atom is 0.258 e. The summed E-state index contributed by atoms with van der Waals surface area (Å²) in [5, 5.41) is 3.55. The van der Waals surface area contributed by atoms with Gasteiger partial charge in [-0.25, -0.2) is 0 Å². The number of ether oxygens (including phenoxy) is 1. The van der Waals surface area contributed by atoms with Crippen LogP contribution in [0.15, 0.2) is 0 Å². The van der Waals surface area contributed by atoms with E-state index in [0.29, 0.717) is 18.4 Å². The van der Waals surface area contributed by atoms with Crippen LogP contribution in [0, 0.1) is 5.41 Å². The Hall–Kier alpha value is -0.233. The third kappa shape index (κ3) is 5.61. The lowest BCUT2D eigenvalue weighted by Crippen LogP contribution is -2.48. The Morgan fingerprint density at radius 3 is 2.61 bits per heavy atom. The molecule has 18 heavy (non-hydrogen) atoms. The fourth-order valence-electron chi connectivity index (χ4n) is 1.80. The van der Waals surface area contributed by atoms with Crippen LogP contribution in [0.3, 0.4) is 0 Å². The second-order valence-corrected chi connectivity index (χ2v) is 10.5. The fourth-order valence-corrected chi connectivity index (χ4v) is 3.52. The van der Waals surface area contributed by atoms with Gasteiger partial charge in [0.05, 0.1) is 19.3 Å². The van der Waals surface area contributed by atoms with E-state index in [-0.39, 0.29) is 11.5 Å². The molecule has 1 aliphatic heterocycles. The number of carbonyl (C=O) groups is 1. The summed E-state index contributed by atoms with van der Waals surface area (Å²) in [7, 11) is -2.25. The van der Waals surface area contributed by atoms with Gasteiger partial charge in [-0.15, -0.1) is 0 Å². The van der Waals surface area contributed by atoms with E-state index < -0.39 is 8.32 Å². The molecule has 0 bridgehead atoms. The molecule has 0 spiro atoms. The Labute approximate surface area is 112 Å². The molecule has 0 radical (unpaired) electrons. The van der Waals surface area contributed by atoms with Gasteiger partial charge in [0.2, 0.25) is 0 Å². The first-order valence-corrected chi connectivity index (χ1v) is 9.61. The summed E-state index contributed by atoms with van der Waals surface area (Å²) in [4.78, 5) is 12.2. The quantitative estimate of drug-likeness (QED) is 0.775. The Balaban J connectivity index is 2.40. The molecule has 1 heterocycles. The molecule has 1 atom stereocenters. The Kier molecular flexibility index (Phi) is 5.52. The van der Waals surface area contributed by atoms with Gasteiger partial charge in [-0.3, -0.25) is 0 Å². The summed E-state index contributed by atoms with van der Waals surface area (Å²) in [5.41, 5.74) is 0.0353. The Morgan fingerprint density at radius 1 is 1.44 bits per heavy atom. The van der Waals surface area contributed by atoms with Crippen molar-refractivity contribution in [3.05, 3.63) is 0 Å². The van der Waals surface area contributed by atoms with Crippen LogP contribution >= 0.6 is 0 Å². The first-order valence-electron chi connectivity index (χ1n) is 6.70.